The number of nitrogens with one attached hydrogen (secondary N) is 1. The number of hydrogen-bond acceptors (Lipinski definition) is 4. The van der Waals surface area contributed by atoms with Gasteiger partial charge in [-0.25, -0.2) is 0 Å². The molecule has 3 rings (SSSR count). The second kappa shape index (κ2) is 7.01. The number of hydrogen-bond donors (Lipinski definition) is 1. The molecule has 1 aliphatic carbocycles. The first-order chi connectivity index (χ1) is 12.7. The van der Waals surface area contributed by atoms with Crippen molar-refractivity contribution in [3.05, 3.63) is 51.8 Å². The van der Waals surface area contributed by atoms with Crippen LogP contribution in [0.3, 0.4) is 0 Å². The number of anilines is 1. The van der Waals surface area contributed by atoms with Crippen LogP contribution in [0.2, 0.25) is 0 Å². The van der Waals surface area contributed by atoms with Crippen molar-refractivity contribution in [2.24, 2.45) is 5.92 Å². The van der Waals surface area contributed by atoms with Crippen LogP contribution in [-0.4, -0.2) is 20.6 Å². The van der Waals surface area contributed by atoms with E-state index in [9.17, 15) is 28.1 Å². The van der Waals surface area contributed by atoms with Gasteiger partial charge in [0.1, 0.15) is 5.69 Å². The summed E-state index contributed by atoms with van der Waals surface area (Å²) in [7, 11) is 0. The van der Waals surface area contributed by atoms with Crippen LogP contribution in [-0.2, 0) is 17.5 Å². The van der Waals surface area contributed by atoms with Gasteiger partial charge in [0.15, 0.2) is 5.69 Å². The fourth-order valence-electron chi connectivity index (χ4n) is 2.76. The number of rotatable bonds is 6. The predicted molar refractivity (Wildman–Crippen MR) is 90.1 cm³/mol. The van der Waals surface area contributed by atoms with Gasteiger partial charge in [0.25, 0.3) is 5.69 Å². The van der Waals surface area contributed by atoms with E-state index in [2.05, 4.69) is 10.4 Å². The largest absolute Gasteiger partial charge is 0.435 e. The number of alkyl halides is 3. The van der Waals surface area contributed by atoms with Gasteiger partial charge in [-0.3, -0.25) is 19.6 Å². The Morgan fingerprint density at radius 1 is 1.41 bits per heavy atom. The highest BCUT2D eigenvalue weighted by Gasteiger charge is 2.38. The number of amides is 1. The van der Waals surface area contributed by atoms with Crippen molar-refractivity contribution in [2.45, 2.75) is 38.4 Å². The van der Waals surface area contributed by atoms with Crippen LogP contribution < -0.4 is 5.32 Å². The summed E-state index contributed by atoms with van der Waals surface area (Å²) in [5.41, 5.74) is -0.725. The lowest BCUT2D eigenvalue weighted by Gasteiger charge is -2.14. The normalized spacial score (nSPS) is 15.4. The molecule has 0 aliphatic heterocycles. The molecule has 1 fully saturated rings. The van der Waals surface area contributed by atoms with Gasteiger partial charge in [0, 0.05) is 17.7 Å². The monoisotopic (exact) mass is 382 g/mol. The zero-order valence-corrected chi connectivity index (χ0v) is 14.4. The van der Waals surface area contributed by atoms with E-state index >= 15 is 0 Å². The van der Waals surface area contributed by atoms with E-state index in [1.54, 1.807) is 6.07 Å². The molecule has 1 aliphatic rings. The molecular formula is C17H17F3N4O3. The Morgan fingerprint density at radius 3 is 2.67 bits per heavy atom. The molecule has 0 bridgehead atoms. The third-order valence-electron chi connectivity index (χ3n) is 4.35. The summed E-state index contributed by atoms with van der Waals surface area (Å²) in [4.78, 5) is 22.8. The van der Waals surface area contributed by atoms with Crippen molar-refractivity contribution in [3.8, 4) is 0 Å². The van der Waals surface area contributed by atoms with E-state index in [0.29, 0.717) is 5.69 Å². The fraction of sp³-hybridized carbons (Fsp3) is 0.412. The maximum absolute atomic E-state index is 12.9. The number of halogens is 3. The quantitative estimate of drug-likeness (QED) is 0.605. The molecule has 1 aromatic carbocycles. The van der Waals surface area contributed by atoms with Gasteiger partial charge in [-0.2, -0.15) is 18.3 Å². The molecule has 1 N–H and O–H groups in total. The number of nitro groups is 1. The molecule has 1 aromatic heterocycles. The molecule has 1 atom stereocenters. The van der Waals surface area contributed by atoms with Crippen LogP contribution in [0.4, 0.5) is 24.5 Å². The zero-order chi connectivity index (χ0) is 19.8. The number of carbonyl (C=O) groups excluding carboxylic acids is 1. The second-order valence-corrected chi connectivity index (χ2v) is 6.57. The summed E-state index contributed by atoms with van der Waals surface area (Å²) in [6.07, 6.45) is -2.97. The minimum Gasteiger partial charge on any atom is -0.320 e. The zero-order valence-electron chi connectivity index (χ0n) is 14.4. The van der Waals surface area contributed by atoms with E-state index in [-0.39, 0.29) is 23.8 Å². The predicted octanol–water partition coefficient (Wildman–Crippen LogP) is 3.96. The minimum atomic E-state index is -4.55. The van der Waals surface area contributed by atoms with Gasteiger partial charge < -0.3 is 5.32 Å². The van der Waals surface area contributed by atoms with E-state index in [1.807, 2.05) is 0 Å². The molecule has 7 nitrogen and oxygen atoms in total. The van der Waals surface area contributed by atoms with E-state index in [4.69, 9.17) is 0 Å². The standard InChI is InChI=1S/C17H17F3N4O3/c1-10(16(25)21-12-4-2-3-5-13(12)24(26)27)9-23-14(11-6-7-11)8-15(22-23)17(18,19)20/h2-5,8,10-11H,6-7,9H2,1H3,(H,21,25). The van der Waals surface area contributed by atoms with Crippen LogP contribution >= 0.6 is 0 Å². The number of carbonyl (C=O) groups is 1. The van der Waals surface area contributed by atoms with Gasteiger partial charge in [-0.05, 0) is 25.0 Å². The van der Waals surface area contributed by atoms with Crippen molar-refractivity contribution in [2.75, 3.05) is 5.32 Å². The number of para-hydroxylation sites is 2. The van der Waals surface area contributed by atoms with Crippen LogP contribution in [0.1, 0.15) is 37.1 Å². The highest BCUT2D eigenvalue weighted by Crippen LogP contribution is 2.42. The Bertz CT molecular complexity index is 875. The van der Waals surface area contributed by atoms with Crippen molar-refractivity contribution in [3.63, 3.8) is 0 Å². The Hall–Kier alpha value is -2.91. The number of aromatic nitrogens is 2. The summed E-state index contributed by atoms with van der Waals surface area (Å²) in [5, 5.41) is 17.1. The summed E-state index contributed by atoms with van der Waals surface area (Å²) in [6.45, 7) is 1.49. The first-order valence-electron chi connectivity index (χ1n) is 8.36. The molecule has 144 valence electrons. The van der Waals surface area contributed by atoms with Gasteiger partial charge in [0.05, 0.1) is 17.4 Å². The summed E-state index contributed by atoms with van der Waals surface area (Å²) < 4.78 is 40.1. The molecule has 0 spiro atoms. The van der Waals surface area contributed by atoms with Crippen LogP contribution in [0.15, 0.2) is 30.3 Å². The Labute approximate surface area is 152 Å². The Morgan fingerprint density at radius 2 is 2.07 bits per heavy atom. The van der Waals surface area contributed by atoms with Crippen molar-refractivity contribution >= 4 is 17.3 Å². The maximum Gasteiger partial charge on any atom is 0.435 e. The van der Waals surface area contributed by atoms with Crippen molar-refractivity contribution in [1.82, 2.24) is 9.78 Å². The van der Waals surface area contributed by atoms with Crippen molar-refractivity contribution < 1.29 is 22.9 Å². The lowest BCUT2D eigenvalue weighted by atomic mass is 10.1. The molecule has 10 heteroatoms. The molecule has 0 saturated heterocycles. The molecule has 27 heavy (non-hydrogen) atoms. The molecule has 1 amide bonds. The molecule has 0 radical (unpaired) electrons. The highest BCUT2D eigenvalue weighted by molar-refractivity contribution is 5.94. The topological polar surface area (TPSA) is 90.1 Å². The van der Waals surface area contributed by atoms with Gasteiger partial charge in [0.2, 0.25) is 5.91 Å². The minimum absolute atomic E-state index is 0.0269. The number of nitrogens with zero attached hydrogens (tertiary/aromatic N) is 3. The van der Waals surface area contributed by atoms with Crippen molar-refractivity contribution in [1.29, 1.82) is 0 Å². The third-order valence-corrected chi connectivity index (χ3v) is 4.35. The lowest BCUT2D eigenvalue weighted by molar-refractivity contribution is -0.383. The fourth-order valence-corrected chi connectivity index (χ4v) is 2.76. The molecule has 1 saturated carbocycles. The number of benzene rings is 1. The Balaban J connectivity index is 1.76. The Kier molecular flexibility index (Phi) is 4.90. The van der Waals surface area contributed by atoms with Gasteiger partial charge in [-0.1, -0.05) is 19.1 Å². The SMILES string of the molecule is CC(Cn1nc(C(F)(F)F)cc1C1CC1)C(=O)Nc1ccccc1[N+](=O)[O-]. The average Bonchev–Trinajstić information content (AvgIpc) is 3.34. The van der Waals surface area contributed by atoms with E-state index < -0.39 is 28.6 Å². The third kappa shape index (κ3) is 4.26. The molecule has 1 heterocycles. The summed E-state index contributed by atoms with van der Waals surface area (Å²) in [6, 6.07) is 6.70. The number of nitro benzene ring substituents is 1. The van der Waals surface area contributed by atoms with Crippen LogP contribution in [0.5, 0.6) is 0 Å². The molecule has 2 aromatic rings. The van der Waals surface area contributed by atoms with Gasteiger partial charge >= 0.3 is 6.18 Å². The first-order valence-corrected chi connectivity index (χ1v) is 8.36. The summed E-state index contributed by atoms with van der Waals surface area (Å²) >= 11 is 0. The van der Waals surface area contributed by atoms with Crippen LogP contribution in [0, 0.1) is 16.0 Å². The van der Waals surface area contributed by atoms with E-state index in [0.717, 1.165) is 18.9 Å². The molecule has 1 unspecified atom stereocenters. The second-order valence-electron chi connectivity index (χ2n) is 6.57. The first kappa shape index (κ1) is 18.9. The average molecular weight is 382 g/mol. The maximum atomic E-state index is 12.9. The summed E-state index contributed by atoms with van der Waals surface area (Å²) in [5.74, 6) is -1.24. The highest BCUT2D eigenvalue weighted by atomic mass is 19.4. The van der Waals surface area contributed by atoms with Gasteiger partial charge in [-0.15, -0.1) is 0 Å². The van der Waals surface area contributed by atoms with E-state index in [1.165, 1.54) is 29.8 Å². The molecular weight excluding hydrogens is 365 g/mol. The van der Waals surface area contributed by atoms with Crippen LogP contribution in [0.25, 0.3) is 0 Å². The smallest absolute Gasteiger partial charge is 0.320 e. The lowest BCUT2D eigenvalue weighted by Crippen LogP contribution is -2.26.